The number of hydrogen-bond acceptors (Lipinski definition) is 4. The highest BCUT2D eigenvalue weighted by Gasteiger charge is 2.25. The fourth-order valence-corrected chi connectivity index (χ4v) is 3.54. The Labute approximate surface area is 122 Å². The predicted molar refractivity (Wildman–Crippen MR) is 75.5 cm³/mol. The Balaban J connectivity index is 2.15. The summed E-state index contributed by atoms with van der Waals surface area (Å²) < 4.78 is 31.5. The van der Waals surface area contributed by atoms with E-state index in [1.165, 1.54) is 11.4 Å². The lowest BCUT2D eigenvalue weighted by Crippen LogP contribution is -2.37. The second-order valence-electron chi connectivity index (χ2n) is 4.79. The van der Waals surface area contributed by atoms with Crippen LogP contribution in [0.5, 0.6) is 0 Å². The van der Waals surface area contributed by atoms with Crippen LogP contribution in [-0.4, -0.2) is 44.0 Å². The van der Waals surface area contributed by atoms with Gasteiger partial charge in [-0.1, -0.05) is 11.6 Å². The molecule has 1 saturated heterocycles. The van der Waals surface area contributed by atoms with Crippen molar-refractivity contribution in [2.45, 2.75) is 30.3 Å². The van der Waals surface area contributed by atoms with Crippen LogP contribution in [0, 0.1) is 0 Å². The maximum Gasteiger partial charge on any atom is 0.266 e. The fourth-order valence-electron chi connectivity index (χ4n) is 2.10. The maximum atomic E-state index is 12.4. The van der Waals surface area contributed by atoms with E-state index < -0.39 is 15.6 Å². The van der Waals surface area contributed by atoms with Crippen molar-refractivity contribution in [3.63, 3.8) is 0 Å². The average molecular weight is 321 g/mol. The Bertz CT molecular complexity index is 623. The number of aromatic amines is 1. The number of likely N-dealkylation sites (N-methyl/N-ethyl adjacent to an activating group) is 1. The smallest absolute Gasteiger partial charge is 0.266 e. The van der Waals surface area contributed by atoms with E-state index in [-0.39, 0.29) is 16.0 Å². The molecule has 1 fully saturated rings. The lowest BCUT2D eigenvalue weighted by Gasteiger charge is -2.27. The summed E-state index contributed by atoms with van der Waals surface area (Å²) in [5, 5.41) is -0.145. The summed E-state index contributed by atoms with van der Waals surface area (Å²) in [7, 11) is -2.19. The predicted octanol–water partition coefficient (Wildman–Crippen LogP) is 1.22. The molecule has 1 aromatic heterocycles. The van der Waals surface area contributed by atoms with Gasteiger partial charge in [-0.3, -0.25) is 4.79 Å². The van der Waals surface area contributed by atoms with E-state index in [2.05, 4.69) is 4.98 Å². The minimum Gasteiger partial charge on any atom is -0.377 e. The molecule has 6 nitrogen and oxygen atoms in total. The van der Waals surface area contributed by atoms with Gasteiger partial charge >= 0.3 is 0 Å². The van der Waals surface area contributed by atoms with E-state index >= 15 is 0 Å². The van der Waals surface area contributed by atoms with Crippen LogP contribution in [0.3, 0.4) is 0 Å². The van der Waals surface area contributed by atoms with Gasteiger partial charge < -0.3 is 9.72 Å². The first-order chi connectivity index (χ1) is 9.41. The van der Waals surface area contributed by atoms with Gasteiger partial charge in [-0.05, 0) is 25.3 Å². The molecule has 1 unspecified atom stereocenters. The lowest BCUT2D eigenvalue weighted by atomic mass is 10.1. The molecule has 112 valence electrons. The zero-order chi connectivity index (χ0) is 14.8. The van der Waals surface area contributed by atoms with Crippen LogP contribution in [0.1, 0.15) is 19.3 Å². The third-order valence-electron chi connectivity index (χ3n) is 3.27. The van der Waals surface area contributed by atoms with Crippen molar-refractivity contribution in [3.05, 3.63) is 27.6 Å². The SMILES string of the molecule is CN(CC1CCCCO1)S(=O)(=O)c1c[nH]c(=O)c(Cl)c1. The van der Waals surface area contributed by atoms with Crippen molar-refractivity contribution < 1.29 is 13.2 Å². The van der Waals surface area contributed by atoms with Crippen molar-refractivity contribution in [1.82, 2.24) is 9.29 Å². The quantitative estimate of drug-likeness (QED) is 0.904. The number of pyridine rings is 1. The maximum absolute atomic E-state index is 12.4. The number of rotatable bonds is 4. The van der Waals surface area contributed by atoms with Gasteiger partial charge in [0.2, 0.25) is 10.0 Å². The highest BCUT2D eigenvalue weighted by Crippen LogP contribution is 2.19. The topological polar surface area (TPSA) is 79.5 Å². The van der Waals surface area contributed by atoms with Crippen molar-refractivity contribution in [2.75, 3.05) is 20.2 Å². The van der Waals surface area contributed by atoms with Gasteiger partial charge in [0.1, 0.15) is 5.02 Å². The van der Waals surface area contributed by atoms with E-state index in [0.29, 0.717) is 13.2 Å². The van der Waals surface area contributed by atoms with Crippen LogP contribution in [0.15, 0.2) is 22.0 Å². The Kier molecular flexibility index (Phi) is 4.85. The second-order valence-corrected chi connectivity index (χ2v) is 7.24. The lowest BCUT2D eigenvalue weighted by molar-refractivity contribution is 0.00858. The van der Waals surface area contributed by atoms with Gasteiger partial charge in [-0.25, -0.2) is 8.42 Å². The number of sulfonamides is 1. The highest BCUT2D eigenvalue weighted by molar-refractivity contribution is 7.89. The molecule has 1 N–H and O–H groups in total. The number of halogens is 1. The van der Waals surface area contributed by atoms with E-state index in [1.54, 1.807) is 0 Å². The Hall–Kier alpha value is -0.890. The number of nitrogens with zero attached hydrogens (tertiary/aromatic N) is 1. The fraction of sp³-hybridized carbons (Fsp3) is 0.583. The zero-order valence-electron chi connectivity index (χ0n) is 11.1. The molecule has 0 aromatic carbocycles. The van der Waals surface area contributed by atoms with Crippen molar-refractivity contribution >= 4 is 21.6 Å². The first-order valence-corrected chi connectivity index (χ1v) is 8.19. The largest absolute Gasteiger partial charge is 0.377 e. The number of hydrogen-bond donors (Lipinski definition) is 1. The Morgan fingerprint density at radius 3 is 2.85 bits per heavy atom. The third-order valence-corrected chi connectivity index (χ3v) is 5.36. The van der Waals surface area contributed by atoms with Crippen molar-refractivity contribution in [1.29, 1.82) is 0 Å². The minimum absolute atomic E-state index is 0.0274. The van der Waals surface area contributed by atoms with Gasteiger partial charge in [0.15, 0.2) is 0 Å². The Morgan fingerprint density at radius 2 is 2.25 bits per heavy atom. The van der Waals surface area contributed by atoms with Gasteiger partial charge in [-0.15, -0.1) is 0 Å². The second kappa shape index (κ2) is 6.26. The van der Waals surface area contributed by atoms with E-state index in [4.69, 9.17) is 16.3 Å². The molecule has 0 saturated carbocycles. The van der Waals surface area contributed by atoms with E-state index in [0.717, 1.165) is 31.5 Å². The third kappa shape index (κ3) is 3.41. The minimum atomic E-state index is -3.68. The van der Waals surface area contributed by atoms with Gasteiger partial charge in [-0.2, -0.15) is 4.31 Å². The van der Waals surface area contributed by atoms with Gasteiger partial charge in [0.05, 0.1) is 11.0 Å². The number of H-pyrrole nitrogens is 1. The van der Waals surface area contributed by atoms with E-state index in [1.807, 2.05) is 0 Å². The summed E-state index contributed by atoms with van der Waals surface area (Å²) in [6, 6.07) is 1.16. The molecule has 0 amide bonds. The summed E-state index contributed by atoms with van der Waals surface area (Å²) in [5.74, 6) is 0. The monoisotopic (exact) mass is 320 g/mol. The molecule has 0 bridgehead atoms. The number of nitrogens with one attached hydrogen (secondary N) is 1. The molecule has 2 rings (SSSR count). The standard InChI is InChI=1S/C12H17ClN2O4S/c1-15(8-9-4-2-3-5-19-9)20(17,18)10-6-11(13)12(16)14-7-10/h6-7,9H,2-5,8H2,1H3,(H,14,16). The van der Waals surface area contributed by atoms with Crippen LogP contribution in [0.4, 0.5) is 0 Å². The molecule has 0 spiro atoms. The molecule has 1 atom stereocenters. The summed E-state index contributed by atoms with van der Waals surface area (Å²) in [5.41, 5.74) is -0.510. The Morgan fingerprint density at radius 1 is 1.50 bits per heavy atom. The summed E-state index contributed by atoms with van der Waals surface area (Å²) in [4.78, 5) is 13.4. The first kappa shape index (κ1) is 15.5. The number of ether oxygens (including phenoxy) is 1. The molecule has 8 heteroatoms. The van der Waals surface area contributed by atoms with Crippen molar-refractivity contribution in [2.24, 2.45) is 0 Å². The molecule has 1 aromatic rings. The molecule has 0 radical (unpaired) electrons. The van der Waals surface area contributed by atoms with Crippen LogP contribution in [0.2, 0.25) is 5.02 Å². The van der Waals surface area contributed by atoms with Crippen LogP contribution in [0.25, 0.3) is 0 Å². The van der Waals surface area contributed by atoms with Crippen molar-refractivity contribution in [3.8, 4) is 0 Å². The summed E-state index contributed by atoms with van der Waals surface area (Å²) in [6.45, 7) is 0.960. The van der Waals surface area contributed by atoms with Crippen LogP contribution >= 0.6 is 11.6 Å². The molecule has 1 aliphatic heterocycles. The van der Waals surface area contributed by atoms with Crippen LogP contribution in [-0.2, 0) is 14.8 Å². The highest BCUT2D eigenvalue weighted by atomic mass is 35.5. The molecule has 1 aliphatic rings. The van der Waals surface area contributed by atoms with Crippen LogP contribution < -0.4 is 5.56 Å². The zero-order valence-corrected chi connectivity index (χ0v) is 12.7. The summed E-state index contributed by atoms with van der Waals surface area (Å²) >= 11 is 5.67. The summed E-state index contributed by atoms with van der Waals surface area (Å²) in [6.07, 6.45) is 3.99. The molecular weight excluding hydrogens is 304 g/mol. The van der Waals surface area contributed by atoms with Gasteiger partial charge in [0.25, 0.3) is 5.56 Å². The average Bonchev–Trinajstić information content (AvgIpc) is 2.42. The molecule has 20 heavy (non-hydrogen) atoms. The number of aromatic nitrogens is 1. The van der Waals surface area contributed by atoms with E-state index in [9.17, 15) is 13.2 Å². The molecule has 0 aliphatic carbocycles. The normalized spacial score (nSPS) is 20.2. The molecule has 2 heterocycles. The first-order valence-electron chi connectivity index (χ1n) is 6.37. The van der Waals surface area contributed by atoms with Gasteiger partial charge in [0, 0.05) is 26.4 Å². The molecular formula is C12H17ClN2O4S.